The molecule has 118 valence electrons. The van der Waals surface area contributed by atoms with E-state index < -0.39 is 6.10 Å². The molecule has 0 saturated carbocycles. The van der Waals surface area contributed by atoms with Gasteiger partial charge in [-0.1, -0.05) is 24.3 Å². The maximum atomic E-state index is 12.9. The lowest BCUT2D eigenvalue weighted by atomic mass is 10.1. The van der Waals surface area contributed by atoms with Crippen LogP contribution in [0.15, 0.2) is 53.1 Å². The van der Waals surface area contributed by atoms with Gasteiger partial charge in [-0.2, -0.15) is 0 Å². The van der Waals surface area contributed by atoms with Crippen LogP contribution in [0.5, 0.6) is 0 Å². The van der Waals surface area contributed by atoms with Gasteiger partial charge in [0.25, 0.3) is 0 Å². The molecule has 0 radical (unpaired) electrons. The van der Waals surface area contributed by atoms with Crippen LogP contribution in [0.2, 0.25) is 0 Å². The Kier molecular flexibility index (Phi) is 4.15. The molecule has 3 nitrogen and oxygen atoms in total. The summed E-state index contributed by atoms with van der Waals surface area (Å²) in [6.45, 7) is 3.75. The van der Waals surface area contributed by atoms with Gasteiger partial charge in [-0.05, 0) is 43.2 Å². The highest BCUT2D eigenvalue weighted by molar-refractivity contribution is 5.86. The number of furan rings is 1. The molecule has 0 amide bonds. The first kappa shape index (κ1) is 15.3. The average Bonchev–Trinajstić information content (AvgIpc) is 2.89. The number of aryl methyl sites for hydroxylation is 1. The summed E-state index contributed by atoms with van der Waals surface area (Å²) < 4.78 is 23.8. The topological polar surface area (TPSA) is 39.4 Å². The molecule has 1 heterocycles. The van der Waals surface area contributed by atoms with Gasteiger partial charge in [-0.25, -0.2) is 4.39 Å². The lowest BCUT2D eigenvalue weighted by Crippen LogP contribution is -2.11. The van der Waals surface area contributed by atoms with E-state index in [0.717, 1.165) is 27.7 Å². The fraction of sp³-hybridized carbons (Fsp3) is 0.211. The lowest BCUT2D eigenvalue weighted by Gasteiger charge is -2.13. The molecule has 3 aromatic rings. The van der Waals surface area contributed by atoms with Crippen molar-refractivity contribution in [1.29, 1.82) is 0 Å². The third-order valence-electron chi connectivity index (χ3n) is 3.79. The summed E-state index contributed by atoms with van der Waals surface area (Å²) in [7, 11) is 0. The third-order valence-corrected chi connectivity index (χ3v) is 3.79. The van der Waals surface area contributed by atoms with Crippen molar-refractivity contribution in [2.24, 2.45) is 0 Å². The molecule has 2 aromatic carbocycles. The minimum absolute atomic E-state index is 0.140. The maximum Gasteiger partial charge on any atom is 0.311 e. The Hall–Kier alpha value is -2.62. The van der Waals surface area contributed by atoms with Crippen LogP contribution in [-0.4, -0.2) is 5.97 Å². The van der Waals surface area contributed by atoms with Gasteiger partial charge >= 0.3 is 5.97 Å². The molecule has 0 bridgehead atoms. The Morgan fingerprint density at radius 2 is 1.96 bits per heavy atom. The van der Waals surface area contributed by atoms with Crippen molar-refractivity contribution in [1.82, 2.24) is 0 Å². The lowest BCUT2D eigenvalue weighted by molar-refractivity contribution is -0.147. The molecular formula is C19H17FO3. The van der Waals surface area contributed by atoms with Crippen molar-refractivity contribution < 1.29 is 18.3 Å². The molecule has 0 unspecified atom stereocenters. The molecule has 0 aliphatic rings. The first-order valence-corrected chi connectivity index (χ1v) is 7.44. The van der Waals surface area contributed by atoms with Crippen molar-refractivity contribution in [3.8, 4) is 0 Å². The Morgan fingerprint density at radius 1 is 1.22 bits per heavy atom. The summed E-state index contributed by atoms with van der Waals surface area (Å²) in [5, 5.41) is 0.919. The summed E-state index contributed by atoms with van der Waals surface area (Å²) in [6.07, 6.45) is 1.30. The molecule has 0 aliphatic carbocycles. The summed E-state index contributed by atoms with van der Waals surface area (Å²) in [4.78, 5) is 12.1. The van der Waals surface area contributed by atoms with E-state index in [9.17, 15) is 9.18 Å². The van der Waals surface area contributed by atoms with Gasteiger partial charge in [0.2, 0.25) is 0 Å². The zero-order valence-electron chi connectivity index (χ0n) is 13.0. The summed E-state index contributed by atoms with van der Waals surface area (Å²) in [6, 6.07) is 11.8. The van der Waals surface area contributed by atoms with E-state index in [1.54, 1.807) is 25.3 Å². The molecule has 0 spiro atoms. The van der Waals surface area contributed by atoms with Crippen LogP contribution in [0.3, 0.4) is 0 Å². The van der Waals surface area contributed by atoms with Gasteiger partial charge < -0.3 is 9.15 Å². The SMILES string of the molecule is Cc1ccc2c(CC(=O)O[C@@H](C)c3ccc(F)cc3)coc2c1. The Balaban J connectivity index is 1.69. The predicted molar refractivity (Wildman–Crippen MR) is 85.6 cm³/mol. The molecule has 1 aromatic heterocycles. The first-order chi connectivity index (χ1) is 11.0. The zero-order valence-corrected chi connectivity index (χ0v) is 13.0. The highest BCUT2D eigenvalue weighted by atomic mass is 19.1. The number of hydrogen-bond acceptors (Lipinski definition) is 3. The highest BCUT2D eigenvalue weighted by Gasteiger charge is 2.15. The number of benzene rings is 2. The quantitative estimate of drug-likeness (QED) is 0.654. The zero-order chi connectivity index (χ0) is 16.4. The number of ether oxygens (including phenoxy) is 1. The fourth-order valence-electron chi connectivity index (χ4n) is 2.52. The second kappa shape index (κ2) is 6.24. The van der Waals surface area contributed by atoms with Crippen LogP contribution in [-0.2, 0) is 16.0 Å². The summed E-state index contributed by atoms with van der Waals surface area (Å²) in [5.74, 6) is -0.655. The van der Waals surface area contributed by atoms with E-state index >= 15 is 0 Å². The molecule has 3 rings (SSSR count). The van der Waals surface area contributed by atoms with E-state index in [4.69, 9.17) is 9.15 Å². The standard InChI is InChI=1S/C19H17FO3/c1-12-3-8-17-15(11-22-18(17)9-12)10-19(21)23-13(2)14-4-6-16(20)7-5-14/h3-9,11,13H,10H2,1-2H3/t13-/m0/s1. The predicted octanol–water partition coefficient (Wildman–Crippen LogP) is 4.73. The molecule has 0 aliphatic heterocycles. The van der Waals surface area contributed by atoms with Gasteiger partial charge in [-0.15, -0.1) is 0 Å². The molecule has 0 N–H and O–H groups in total. The molecule has 0 fully saturated rings. The third kappa shape index (κ3) is 3.42. The van der Waals surface area contributed by atoms with Crippen LogP contribution in [0, 0.1) is 12.7 Å². The van der Waals surface area contributed by atoms with E-state index in [2.05, 4.69) is 0 Å². The van der Waals surface area contributed by atoms with Crippen LogP contribution in [0.25, 0.3) is 11.0 Å². The molecular weight excluding hydrogens is 295 g/mol. The van der Waals surface area contributed by atoms with E-state index in [1.807, 2.05) is 25.1 Å². The van der Waals surface area contributed by atoms with Crippen molar-refractivity contribution in [3.63, 3.8) is 0 Å². The number of hydrogen-bond donors (Lipinski definition) is 0. The smallest absolute Gasteiger partial charge is 0.311 e. The molecule has 23 heavy (non-hydrogen) atoms. The number of rotatable bonds is 4. The van der Waals surface area contributed by atoms with Crippen LogP contribution < -0.4 is 0 Å². The number of halogens is 1. The largest absolute Gasteiger partial charge is 0.464 e. The monoisotopic (exact) mass is 312 g/mol. The van der Waals surface area contributed by atoms with E-state index in [1.165, 1.54) is 12.1 Å². The Bertz CT molecular complexity index is 833. The Labute approximate surface area is 133 Å². The van der Waals surface area contributed by atoms with Crippen molar-refractivity contribution >= 4 is 16.9 Å². The molecule has 4 heteroatoms. The van der Waals surface area contributed by atoms with Gasteiger partial charge in [-0.3, -0.25) is 4.79 Å². The van der Waals surface area contributed by atoms with Gasteiger partial charge in [0.15, 0.2) is 0 Å². The number of carbonyl (C=O) groups excluding carboxylic acids is 1. The number of esters is 1. The maximum absolute atomic E-state index is 12.9. The first-order valence-electron chi connectivity index (χ1n) is 7.44. The van der Waals surface area contributed by atoms with Crippen LogP contribution in [0.1, 0.15) is 29.7 Å². The minimum Gasteiger partial charge on any atom is -0.464 e. The van der Waals surface area contributed by atoms with Crippen molar-refractivity contribution in [2.45, 2.75) is 26.4 Å². The van der Waals surface area contributed by atoms with Gasteiger partial charge in [0, 0.05) is 10.9 Å². The molecule has 1 atom stereocenters. The van der Waals surface area contributed by atoms with Crippen molar-refractivity contribution in [3.05, 3.63) is 71.2 Å². The number of carbonyl (C=O) groups is 1. The summed E-state index contributed by atoms with van der Waals surface area (Å²) >= 11 is 0. The normalized spacial score (nSPS) is 12.3. The number of fused-ring (bicyclic) bond motifs is 1. The minimum atomic E-state index is -0.427. The van der Waals surface area contributed by atoms with Crippen LogP contribution in [0.4, 0.5) is 4.39 Å². The van der Waals surface area contributed by atoms with Gasteiger partial charge in [0.05, 0.1) is 12.7 Å². The fourth-order valence-corrected chi connectivity index (χ4v) is 2.52. The van der Waals surface area contributed by atoms with E-state index in [-0.39, 0.29) is 18.2 Å². The second-order valence-electron chi connectivity index (χ2n) is 5.62. The molecule has 0 saturated heterocycles. The average molecular weight is 312 g/mol. The van der Waals surface area contributed by atoms with Crippen LogP contribution >= 0.6 is 0 Å². The Morgan fingerprint density at radius 3 is 2.70 bits per heavy atom. The van der Waals surface area contributed by atoms with Crippen molar-refractivity contribution in [2.75, 3.05) is 0 Å². The second-order valence-corrected chi connectivity index (χ2v) is 5.62. The van der Waals surface area contributed by atoms with E-state index in [0.29, 0.717) is 0 Å². The summed E-state index contributed by atoms with van der Waals surface area (Å²) in [5.41, 5.74) is 3.43. The van der Waals surface area contributed by atoms with Gasteiger partial charge in [0.1, 0.15) is 17.5 Å². The highest BCUT2D eigenvalue weighted by Crippen LogP contribution is 2.24.